The average Bonchev–Trinajstić information content (AvgIpc) is 3.52. The summed E-state index contributed by atoms with van der Waals surface area (Å²) in [6.45, 7) is 4.39. The number of nitrogens with one attached hydrogen (secondary N) is 2. The minimum atomic E-state index is -3.72. The monoisotopic (exact) mass is 521 g/mol. The van der Waals surface area contributed by atoms with Crippen LogP contribution in [0.5, 0.6) is 0 Å². The molecule has 0 fully saturated rings. The number of hydrogen-bond acceptors (Lipinski definition) is 8. The first kappa shape index (κ1) is 24.6. The molecule has 0 saturated heterocycles. The number of rotatable bonds is 9. The Labute approximate surface area is 212 Å². The van der Waals surface area contributed by atoms with E-state index in [-0.39, 0.29) is 4.90 Å². The van der Waals surface area contributed by atoms with Crippen LogP contribution in [0.15, 0.2) is 76.6 Å². The Morgan fingerprint density at radius 3 is 2.49 bits per heavy atom. The van der Waals surface area contributed by atoms with Crippen molar-refractivity contribution in [1.82, 2.24) is 9.97 Å². The lowest BCUT2D eigenvalue weighted by molar-refractivity contribution is 0.601. The number of hydrogen-bond donors (Lipinski definition) is 2. The number of aromatic nitrogens is 2. The van der Waals surface area contributed by atoms with Gasteiger partial charge in [-0.15, -0.1) is 22.7 Å². The van der Waals surface area contributed by atoms with Gasteiger partial charge in [-0.2, -0.15) is 5.26 Å². The van der Waals surface area contributed by atoms with Gasteiger partial charge in [0.2, 0.25) is 0 Å². The van der Waals surface area contributed by atoms with E-state index >= 15 is 0 Å². The van der Waals surface area contributed by atoms with Crippen LogP contribution in [0.25, 0.3) is 16.8 Å². The Kier molecular flexibility index (Phi) is 7.60. The first-order valence-corrected chi connectivity index (χ1v) is 14.0. The lowest BCUT2D eigenvalue weighted by Gasteiger charge is -2.07. The summed E-state index contributed by atoms with van der Waals surface area (Å²) < 4.78 is 27.4. The minimum absolute atomic E-state index is 0.117. The lowest BCUT2D eigenvalue weighted by atomic mass is 10.0. The fourth-order valence-corrected chi connectivity index (χ4v) is 5.87. The van der Waals surface area contributed by atoms with E-state index in [4.69, 9.17) is 0 Å². The van der Waals surface area contributed by atoms with Crippen molar-refractivity contribution in [2.75, 3.05) is 10.0 Å². The summed E-state index contributed by atoms with van der Waals surface area (Å²) in [6, 6.07) is 16.8. The SMILES string of the molecule is CC(C)Cc1ccc(-c2csc(/C(C#N)=C/Nc3ccc(S(=O)(=O)Nc4nccs4)cc3)n2)cc1. The molecule has 2 aromatic carbocycles. The summed E-state index contributed by atoms with van der Waals surface area (Å²) in [5, 5.41) is 17.2. The van der Waals surface area contributed by atoms with E-state index in [1.807, 2.05) is 5.38 Å². The zero-order valence-electron chi connectivity index (χ0n) is 19.1. The van der Waals surface area contributed by atoms with Gasteiger partial charge in [0, 0.05) is 34.4 Å². The fourth-order valence-electron chi connectivity index (χ4n) is 3.29. The molecule has 10 heteroatoms. The highest BCUT2D eigenvalue weighted by atomic mass is 32.2. The number of sulfonamides is 1. The molecule has 0 saturated carbocycles. The van der Waals surface area contributed by atoms with E-state index in [2.05, 4.69) is 64.2 Å². The first-order chi connectivity index (χ1) is 16.8. The molecule has 0 unspecified atom stereocenters. The highest BCUT2D eigenvalue weighted by Crippen LogP contribution is 2.27. The van der Waals surface area contributed by atoms with Gasteiger partial charge in [-0.25, -0.2) is 18.4 Å². The second-order valence-electron chi connectivity index (χ2n) is 8.11. The van der Waals surface area contributed by atoms with Crippen LogP contribution in [0.1, 0.15) is 24.4 Å². The van der Waals surface area contributed by atoms with Crippen molar-refractivity contribution in [1.29, 1.82) is 5.26 Å². The molecule has 0 bridgehead atoms. The Hall–Kier alpha value is -3.52. The van der Waals surface area contributed by atoms with Crippen LogP contribution in [0.4, 0.5) is 10.8 Å². The largest absolute Gasteiger partial charge is 0.360 e. The molecule has 4 rings (SSSR count). The molecule has 2 aromatic heterocycles. The molecule has 2 heterocycles. The van der Waals surface area contributed by atoms with Crippen LogP contribution in [-0.2, 0) is 16.4 Å². The van der Waals surface area contributed by atoms with E-state index in [1.54, 1.807) is 23.7 Å². The summed E-state index contributed by atoms with van der Waals surface area (Å²) in [5.74, 6) is 0.600. The predicted molar refractivity (Wildman–Crippen MR) is 143 cm³/mol. The molecule has 0 aliphatic carbocycles. The maximum atomic E-state index is 12.5. The van der Waals surface area contributed by atoms with E-state index in [0.717, 1.165) is 17.7 Å². The molecule has 0 spiro atoms. The molecule has 2 N–H and O–H groups in total. The van der Waals surface area contributed by atoms with Crippen LogP contribution in [-0.4, -0.2) is 18.4 Å². The van der Waals surface area contributed by atoms with Gasteiger partial charge in [-0.3, -0.25) is 4.72 Å². The van der Waals surface area contributed by atoms with Gasteiger partial charge >= 0.3 is 0 Å². The molecule has 0 aliphatic heterocycles. The first-order valence-electron chi connectivity index (χ1n) is 10.8. The van der Waals surface area contributed by atoms with E-state index in [9.17, 15) is 13.7 Å². The third-order valence-electron chi connectivity index (χ3n) is 4.95. The molecule has 35 heavy (non-hydrogen) atoms. The summed E-state index contributed by atoms with van der Waals surface area (Å²) in [6.07, 6.45) is 4.14. The molecule has 7 nitrogen and oxygen atoms in total. The second-order valence-corrected chi connectivity index (χ2v) is 11.5. The number of allylic oxidation sites excluding steroid dienone is 1. The van der Waals surface area contributed by atoms with Gasteiger partial charge < -0.3 is 5.32 Å². The lowest BCUT2D eigenvalue weighted by Crippen LogP contribution is -2.12. The van der Waals surface area contributed by atoms with Gasteiger partial charge in [0.05, 0.1) is 10.6 Å². The summed E-state index contributed by atoms with van der Waals surface area (Å²) in [5.41, 5.74) is 4.15. The quantitative estimate of drug-likeness (QED) is 0.252. The van der Waals surface area contributed by atoms with Crippen molar-refractivity contribution in [2.45, 2.75) is 25.2 Å². The molecular formula is C25H23N5O2S3. The number of nitriles is 1. The predicted octanol–water partition coefficient (Wildman–Crippen LogP) is 6.24. The Bertz CT molecular complexity index is 1450. The summed E-state index contributed by atoms with van der Waals surface area (Å²) in [7, 11) is -3.72. The zero-order chi connectivity index (χ0) is 24.8. The van der Waals surface area contributed by atoms with Crippen molar-refractivity contribution >= 4 is 49.1 Å². The van der Waals surface area contributed by atoms with Crippen molar-refractivity contribution < 1.29 is 8.42 Å². The molecule has 0 amide bonds. The van der Waals surface area contributed by atoms with Gasteiger partial charge in [-0.05, 0) is 42.2 Å². The van der Waals surface area contributed by atoms with E-state index in [1.165, 1.54) is 46.6 Å². The number of thiazole rings is 2. The molecule has 178 valence electrons. The van der Waals surface area contributed by atoms with Crippen LogP contribution in [0, 0.1) is 17.2 Å². The normalized spacial score (nSPS) is 11.9. The van der Waals surface area contributed by atoms with Gasteiger partial charge in [0.15, 0.2) is 5.13 Å². The highest BCUT2D eigenvalue weighted by Gasteiger charge is 2.15. The van der Waals surface area contributed by atoms with Crippen LogP contribution in [0.2, 0.25) is 0 Å². The molecule has 0 aliphatic rings. The minimum Gasteiger partial charge on any atom is -0.360 e. The van der Waals surface area contributed by atoms with Crippen LogP contribution >= 0.6 is 22.7 Å². The maximum absolute atomic E-state index is 12.5. The molecule has 4 aromatic rings. The third kappa shape index (κ3) is 6.33. The van der Waals surface area contributed by atoms with Crippen LogP contribution < -0.4 is 10.0 Å². The molecule has 0 atom stereocenters. The fraction of sp³-hybridized carbons (Fsp3) is 0.160. The topological polar surface area (TPSA) is 108 Å². The average molecular weight is 522 g/mol. The summed E-state index contributed by atoms with van der Waals surface area (Å²) >= 11 is 2.61. The maximum Gasteiger partial charge on any atom is 0.263 e. The molecular weight excluding hydrogens is 499 g/mol. The highest BCUT2D eigenvalue weighted by molar-refractivity contribution is 7.93. The van der Waals surface area contributed by atoms with Crippen molar-refractivity contribution in [2.24, 2.45) is 5.92 Å². The van der Waals surface area contributed by atoms with Gasteiger partial charge in [0.1, 0.15) is 16.6 Å². The Morgan fingerprint density at radius 1 is 1.11 bits per heavy atom. The molecule has 0 radical (unpaired) electrons. The number of benzene rings is 2. The van der Waals surface area contributed by atoms with Crippen molar-refractivity contribution in [3.63, 3.8) is 0 Å². The smallest absolute Gasteiger partial charge is 0.263 e. The summed E-state index contributed by atoms with van der Waals surface area (Å²) in [4.78, 5) is 8.69. The van der Waals surface area contributed by atoms with E-state index in [0.29, 0.717) is 27.3 Å². The number of nitrogens with zero attached hydrogens (tertiary/aromatic N) is 3. The number of anilines is 2. The van der Waals surface area contributed by atoms with Crippen molar-refractivity contribution in [3.05, 3.63) is 82.3 Å². The van der Waals surface area contributed by atoms with Gasteiger partial charge in [0.25, 0.3) is 10.0 Å². The van der Waals surface area contributed by atoms with E-state index < -0.39 is 10.0 Å². The Morgan fingerprint density at radius 2 is 1.86 bits per heavy atom. The Balaban J connectivity index is 1.44. The van der Waals surface area contributed by atoms with Crippen molar-refractivity contribution in [3.8, 4) is 17.3 Å². The third-order valence-corrected chi connectivity index (χ3v) is 8.00. The standard InChI is InChI=1S/C25H23N5O2S3/c1-17(2)13-18-3-5-19(6-4-18)23-16-34-24(29-23)20(14-26)15-28-21-7-9-22(10-8-21)35(31,32)30-25-27-11-12-33-25/h3-12,15-17,28H,13H2,1-2H3,(H,27,30)/b20-15+. The second kappa shape index (κ2) is 10.8. The zero-order valence-corrected chi connectivity index (χ0v) is 21.5. The van der Waals surface area contributed by atoms with Crippen LogP contribution in [0.3, 0.4) is 0 Å². The van der Waals surface area contributed by atoms with Gasteiger partial charge in [-0.1, -0.05) is 38.1 Å².